The Kier molecular flexibility index (Phi) is 4.01. The van der Waals surface area contributed by atoms with Gasteiger partial charge in [-0.1, -0.05) is 0 Å². The Bertz CT molecular complexity index is 1020. The second-order valence-corrected chi connectivity index (χ2v) is 7.32. The summed E-state index contributed by atoms with van der Waals surface area (Å²) in [5, 5.41) is 7.46. The van der Waals surface area contributed by atoms with Crippen molar-refractivity contribution in [3.8, 4) is 5.69 Å². The second kappa shape index (κ2) is 6.56. The molecule has 2 bridgehead atoms. The van der Waals surface area contributed by atoms with Crippen LogP contribution in [0.25, 0.3) is 5.69 Å². The number of nitrogens with one attached hydrogen (secondary N) is 1. The monoisotopic (exact) mass is 383 g/mol. The number of aromatic nitrogens is 3. The summed E-state index contributed by atoms with van der Waals surface area (Å²) < 4.78 is 33.9. The minimum absolute atomic E-state index is 0.274. The molecule has 0 aliphatic carbocycles. The third-order valence-corrected chi connectivity index (χ3v) is 5.15. The van der Waals surface area contributed by atoms with Crippen molar-refractivity contribution in [1.29, 1.82) is 0 Å². The summed E-state index contributed by atoms with van der Waals surface area (Å²) in [6.07, 6.45) is 2.82. The van der Waals surface area contributed by atoms with E-state index in [4.69, 9.17) is 4.74 Å². The lowest BCUT2D eigenvalue weighted by molar-refractivity contribution is 0.0991. The molecule has 2 aromatic carbocycles. The molecule has 5 rings (SSSR count). The Balaban J connectivity index is 1.39. The predicted molar refractivity (Wildman–Crippen MR) is 101 cm³/mol. The average molecular weight is 383 g/mol. The minimum Gasteiger partial charge on any atom is -0.374 e. The van der Waals surface area contributed by atoms with Gasteiger partial charge >= 0.3 is 0 Å². The molecule has 3 heterocycles. The van der Waals surface area contributed by atoms with Crippen LogP contribution in [0.3, 0.4) is 0 Å². The van der Waals surface area contributed by atoms with E-state index in [2.05, 4.69) is 32.4 Å². The molecule has 6 nitrogen and oxygen atoms in total. The molecule has 2 fully saturated rings. The van der Waals surface area contributed by atoms with Gasteiger partial charge in [-0.15, -0.1) is 5.10 Å². The van der Waals surface area contributed by atoms with Gasteiger partial charge in [-0.3, -0.25) is 0 Å². The highest BCUT2D eigenvalue weighted by atomic mass is 19.1. The second-order valence-electron chi connectivity index (χ2n) is 7.32. The summed E-state index contributed by atoms with van der Waals surface area (Å²) in [4.78, 5) is 6.59. The Labute approximate surface area is 160 Å². The molecular formula is C20H19F2N5O. The van der Waals surface area contributed by atoms with E-state index in [-0.39, 0.29) is 5.69 Å². The summed E-state index contributed by atoms with van der Waals surface area (Å²) in [7, 11) is 0. The molecule has 1 N–H and O–H groups in total. The van der Waals surface area contributed by atoms with Crippen molar-refractivity contribution in [3.63, 3.8) is 0 Å². The average Bonchev–Trinajstić information content (AvgIpc) is 3.37. The first-order valence-corrected chi connectivity index (χ1v) is 9.18. The van der Waals surface area contributed by atoms with Gasteiger partial charge in [0.05, 0.1) is 24.4 Å². The van der Waals surface area contributed by atoms with Crippen LogP contribution in [0, 0.1) is 18.6 Å². The maximum absolute atomic E-state index is 13.4. The molecule has 0 saturated carbocycles. The normalized spacial score (nSPS) is 20.8. The number of fused-ring (bicyclic) bond motifs is 2. The summed E-state index contributed by atoms with van der Waals surface area (Å²) in [6.45, 7) is 3.73. The van der Waals surface area contributed by atoms with Crippen LogP contribution < -0.4 is 10.2 Å². The van der Waals surface area contributed by atoms with Crippen LogP contribution in [0.15, 0.2) is 42.7 Å². The van der Waals surface area contributed by atoms with Crippen molar-refractivity contribution in [2.24, 2.45) is 0 Å². The number of anilines is 3. The number of hydrogen-bond acceptors (Lipinski definition) is 5. The quantitative estimate of drug-likeness (QED) is 0.746. The molecular weight excluding hydrogens is 364 g/mol. The number of hydrogen-bond donors (Lipinski definition) is 1. The first-order chi connectivity index (χ1) is 13.5. The highest BCUT2D eigenvalue weighted by molar-refractivity contribution is 5.65. The van der Waals surface area contributed by atoms with E-state index in [1.54, 1.807) is 0 Å². The van der Waals surface area contributed by atoms with Crippen molar-refractivity contribution < 1.29 is 13.5 Å². The van der Waals surface area contributed by atoms with E-state index in [1.165, 1.54) is 23.1 Å². The highest BCUT2D eigenvalue weighted by Crippen LogP contribution is 2.34. The van der Waals surface area contributed by atoms with Crippen molar-refractivity contribution in [2.75, 3.05) is 23.4 Å². The van der Waals surface area contributed by atoms with E-state index in [0.717, 1.165) is 42.6 Å². The zero-order valence-electron chi connectivity index (χ0n) is 15.3. The Morgan fingerprint density at radius 3 is 2.61 bits per heavy atom. The minimum atomic E-state index is -0.660. The molecule has 2 aliphatic rings. The molecule has 1 aromatic heterocycles. The maximum Gasteiger partial charge on any atom is 0.246 e. The van der Waals surface area contributed by atoms with Crippen LogP contribution in [-0.2, 0) is 4.74 Å². The lowest BCUT2D eigenvalue weighted by Gasteiger charge is -2.29. The maximum atomic E-state index is 13.4. The lowest BCUT2D eigenvalue weighted by Crippen LogP contribution is -2.36. The summed E-state index contributed by atoms with van der Waals surface area (Å²) >= 11 is 0. The molecule has 0 radical (unpaired) electrons. The predicted octanol–water partition coefficient (Wildman–Crippen LogP) is 3.58. The van der Waals surface area contributed by atoms with Crippen molar-refractivity contribution in [2.45, 2.75) is 25.5 Å². The van der Waals surface area contributed by atoms with Crippen LogP contribution in [0.5, 0.6) is 0 Å². The molecule has 28 heavy (non-hydrogen) atoms. The molecule has 8 heteroatoms. The van der Waals surface area contributed by atoms with Gasteiger partial charge < -0.3 is 15.0 Å². The molecule has 2 aliphatic heterocycles. The largest absolute Gasteiger partial charge is 0.374 e. The molecule has 3 aromatic rings. The molecule has 144 valence electrons. The number of morpholine rings is 1. The first-order valence-electron chi connectivity index (χ1n) is 9.18. The molecule has 0 spiro atoms. The summed E-state index contributed by atoms with van der Waals surface area (Å²) in [6, 6.07) is 9.90. The lowest BCUT2D eigenvalue weighted by atomic mass is 10.1. The van der Waals surface area contributed by atoms with Gasteiger partial charge in [0, 0.05) is 24.0 Å². The number of ether oxygens (including phenoxy) is 1. The number of benzene rings is 2. The van der Waals surface area contributed by atoms with E-state index in [9.17, 15) is 8.78 Å². The fourth-order valence-electron chi connectivity index (χ4n) is 3.96. The topological polar surface area (TPSA) is 55.2 Å². The SMILES string of the molecule is Cc1cc(Nc2ncn(-c3cc(F)cc(F)c3)n2)cc(N2CC3CC2CO3)c1. The van der Waals surface area contributed by atoms with E-state index in [1.807, 2.05) is 13.0 Å². The van der Waals surface area contributed by atoms with Crippen LogP contribution in [0.2, 0.25) is 0 Å². The fraction of sp³-hybridized carbons (Fsp3) is 0.300. The van der Waals surface area contributed by atoms with Gasteiger partial charge in [-0.05, 0) is 49.2 Å². The van der Waals surface area contributed by atoms with Crippen LogP contribution >= 0.6 is 0 Å². The van der Waals surface area contributed by atoms with Gasteiger partial charge in [-0.25, -0.2) is 13.5 Å². The highest BCUT2D eigenvalue weighted by Gasteiger charge is 2.39. The van der Waals surface area contributed by atoms with E-state index in [0.29, 0.717) is 18.1 Å². The smallest absolute Gasteiger partial charge is 0.246 e. The van der Waals surface area contributed by atoms with Crippen molar-refractivity contribution in [3.05, 3.63) is 59.9 Å². The Hall–Kier alpha value is -3.00. The molecule has 2 atom stereocenters. The zero-order valence-corrected chi connectivity index (χ0v) is 15.3. The third kappa shape index (κ3) is 3.20. The summed E-state index contributed by atoms with van der Waals surface area (Å²) in [5.74, 6) is -0.966. The Morgan fingerprint density at radius 2 is 1.89 bits per heavy atom. The fourth-order valence-corrected chi connectivity index (χ4v) is 3.96. The first kappa shape index (κ1) is 17.1. The van der Waals surface area contributed by atoms with Crippen molar-refractivity contribution >= 4 is 17.3 Å². The number of rotatable bonds is 4. The number of halogens is 2. The van der Waals surface area contributed by atoms with Gasteiger partial charge in [0.1, 0.15) is 18.0 Å². The number of nitrogens with zero attached hydrogens (tertiary/aromatic N) is 4. The Morgan fingerprint density at radius 1 is 1.07 bits per heavy atom. The van der Waals surface area contributed by atoms with Crippen molar-refractivity contribution in [1.82, 2.24) is 14.8 Å². The summed E-state index contributed by atoms with van der Waals surface area (Å²) in [5.41, 5.74) is 3.40. The zero-order chi connectivity index (χ0) is 19.3. The van der Waals surface area contributed by atoms with Gasteiger partial charge in [0.15, 0.2) is 0 Å². The van der Waals surface area contributed by atoms with E-state index < -0.39 is 11.6 Å². The molecule has 2 unspecified atom stereocenters. The van der Waals surface area contributed by atoms with Crippen LogP contribution in [0.4, 0.5) is 26.1 Å². The number of aryl methyl sites for hydroxylation is 1. The van der Waals surface area contributed by atoms with Gasteiger partial charge in [0.2, 0.25) is 5.95 Å². The van der Waals surface area contributed by atoms with Gasteiger partial charge in [-0.2, -0.15) is 4.98 Å². The molecule has 0 amide bonds. The van der Waals surface area contributed by atoms with Gasteiger partial charge in [0.25, 0.3) is 0 Å². The van der Waals surface area contributed by atoms with Crippen LogP contribution in [0.1, 0.15) is 12.0 Å². The van der Waals surface area contributed by atoms with E-state index >= 15 is 0 Å². The third-order valence-electron chi connectivity index (χ3n) is 5.15. The molecule has 2 saturated heterocycles. The van der Waals surface area contributed by atoms with Crippen LogP contribution in [-0.4, -0.2) is 40.1 Å². The standard InChI is InChI=1S/C20H19F2N5O/c1-12-2-15(7-16(3-12)26-9-19-8-18(26)10-28-19)24-20-23-11-27(25-20)17-5-13(21)4-14(22)6-17/h2-7,11,18-19H,8-10H2,1H3,(H,24,25).